The van der Waals surface area contributed by atoms with Crippen molar-refractivity contribution in [2.24, 2.45) is 0 Å². The highest BCUT2D eigenvalue weighted by atomic mass is 32.2. The first kappa shape index (κ1) is 18.8. The van der Waals surface area contributed by atoms with E-state index in [9.17, 15) is 9.59 Å². The topological polar surface area (TPSA) is 71.3 Å². The third-order valence-corrected chi connectivity index (χ3v) is 5.03. The molecule has 0 spiro atoms. The Morgan fingerprint density at radius 1 is 0.926 bits per heavy atom. The van der Waals surface area contributed by atoms with Crippen molar-refractivity contribution in [3.8, 4) is 0 Å². The Morgan fingerprint density at radius 2 is 1.67 bits per heavy atom. The molecule has 0 fully saturated rings. The number of amides is 2. The second-order valence-electron chi connectivity index (χ2n) is 6.09. The van der Waals surface area contributed by atoms with Crippen molar-refractivity contribution in [1.29, 1.82) is 0 Å². The van der Waals surface area contributed by atoms with Gasteiger partial charge < -0.3 is 15.1 Å². The van der Waals surface area contributed by atoms with Crippen LogP contribution in [-0.2, 0) is 4.79 Å². The smallest absolute Gasteiger partial charge is 0.291 e. The Balaban J connectivity index is 1.50. The fourth-order valence-corrected chi connectivity index (χ4v) is 3.10. The van der Waals surface area contributed by atoms with Crippen molar-refractivity contribution in [1.82, 2.24) is 0 Å². The lowest BCUT2D eigenvalue weighted by Crippen LogP contribution is -2.14. The maximum Gasteiger partial charge on any atom is 0.291 e. The van der Waals surface area contributed by atoms with Crippen LogP contribution in [-0.4, -0.2) is 17.6 Å². The van der Waals surface area contributed by atoms with Gasteiger partial charge in [0.05, 0.1) is 12.0 Å². The first-order chi connectivity index (χ1) is 13.0. The Kier molecular flexibility index (Phi) is 5.98. The summed E-state index contributed by atoms with van der Waals surface area (Å²) in [6.07, 6.45) is 1.46. The van der Waals surface area contributed by atoms with E-state index in [0.717, 1.165) is 16.1 Å². The standard InChI is InChI=1S/C21H20N2O3S/c1-14-5-6-17(12-15(14)2)22-20(24)13-27-18-9-7-16(8-10-18)23-21(25)19-4-3-11-26-19/h3-12H,13H2,1-2H3,(H,22,24)(H,23,25). The van der Waals surface area contributed by atoms with E-state index in [1.165, 1.54) is 23.6 Å². The highest BCUT2D eigenvalue weighted by Crippen LogP contribution is 2.21. The summed E-state index contributed by atoms with van der Waals surface area (Å²) in [7, 11) is 0. The Hall–Kier alpha value is -2.99. The summed E-state index contributed by atoms with van der Waals surface area (Å²) in [4.78, 5) is 25.0. The molecular formula is C21H20N2O3S. The Labute approximate surface area is 162 Å². The van der Waals surface area contributed by atoms with Crippen LogP contribution in [0, 0.1) is 13.8 Å². The van der Waals surface area contributed by atoms with Crippen molar-refractivity contribution in [3.63, 3.8) is 0 Å². The minimum atomic E-state index is -0.298. The summed E-state index contributed by atoms with van der Waals surface area (Å²) in [6.45, 7) is 4.06. The van der Waals surface area contributed by atoms with Gasteiger partial charge in [-0.2, -0.15) is 0 Å². The van der Waals surface area contributed by atoms with Gasteiger partial charge in [-0.05, 0) is 73.5 Å². The fourth-order valence-electron chi connectivity index (χ4n) is 2.40. The highest BCUT2D eigenvalue weighted by molar-refractivity contribution is 8.00. The molecule has 0 aliphatic carbocycles. The van der Waals surface area contributed by atoms with Crippen molar-refractivity contribution >= 4 is 35.0 Å². The molecule has 0 aliphatic heterocycles. The summed E-state index contributed by atoms with van der Waals surface area (Å²) in [5.41, 5.74) is 3.81. The molecule has 2 amide bonds. The molecule has 0 radical (unpaired) electrons. The van der Waals surface area contributed by atoms with E-state index in [0.29, 0.717) is 11.4 Å². The van der Waals surface area contributed by atoms with Gasteiger partial charge in [-0.3, -0.25) is 9.59 Å². The maximum atomic E-state index is 12.1. The second-order valence-corrected chi connectivity index (χ2v) is 7.14. The number of nitrogens with one attached hydrogen (secondary N) is 2. The van der Waals surface area contributed by atoms with E-state index < -0.39 is 0 Å². The summed E-state index contributed by atoms with van der Waals surface area (Å²) >= 11 is 1.44. The van der Waals surface area contributed by atoms with Gasteiger partial charge in [-0.1, -0.05) is 6.07 Å². The van der Waals surface area contributed by atoms with Crippen molar-refractivity contribution in [2.45, 2.75) is 18.7 Å². The monoisotopic (exact) mass is 380 g/mol. The number of carbonyl (C=O) groups is 2. The zero-order valence-electron chi connectivity index (χ0n) is 15.1. The number of thioether (sulfide) groups is 1. The van der Waals surface area contributed by atoms with Crippen LogP contribution in [0.25, 0.3) is 0 Å². The van der Waals surface area contributed by atoms with Gasteiger partial charge in [-0.15, -0.1) is 11.8 Å². The average molecular weight is 380 g/mol. The molecule has 2 aromatic carbocycles. The molecule has 0 bridgehead atoms. The van der Waals surface area contributed by atoms with Gasteiger partial charge in [0, 0.05) is 16.3 Å². The van der Waals surface area contributed by atoms with Gasteiger partial charge >= 0.3 is 0 Å². The molecule has 1 aromatic heterocycles. The lowest BCUT2D eigenvalue weighted by Gasteiger charge is -2.08. The number of furan rings is 1. The summed E-state index contributed by atoms with van der Waals surface area (Å²) < 4.78 is 5.06. The molecule has 3 aromatic rings. The van der Waals surface area contributed by atoms with Crippen molar-refractivity contribution in [3.05, 3.63) is 77.7 Å². The molecule has 5 nitrogen and oxygen atoms in total. The number of carbonyl (C=O) groups excluding carboxylic acids is 2. The van der Waals surface area contributed by atoms with Crippen LogP contribution < -0.4 is 10.6 Å². The maximum absolute atomic E-state index is 12.1. The zero-order chi connectivity index (χ0) is 19.2. The van der Waals surface area contributed by atoms with E-state index >= 15 is 0 Å². The molecule has 6 heteroatoms. The number of benzene rings is 2. The SMILES string of the molecule is Cc1ccc(NC(=O)CSc2ccc(NC(=O)c3ccco3)cc2)cc1C. The molecule has 138 valence electrons. The summed E-state index contributed by atoms with van der Waals surface area (Å²) in [5.74, 6) is 0.216. The number of aryl methyl sites for hydroxylation is 2. The van der Waals surface area contributed by atoms with Crippen LogP contribution in [0.1, 0.15) is 21.7 Å². The quantitative estimate of drug-likeness (QED) is 0.598. The lowest BCUT2D eigenvalue weighted by molar-refractivity contribution is -0.113. The van der Waals surface area contributed by atoms with Crippen LogP contribution in [0.15, 0.2) is 70.2 Å². The number of rotatable bonds is 6. The molecule has 1 heterocycles. The molecule has 3 rings (SSSR count). The lowest BCUT2D eigenvalue weighted by atomic mass is 10.1. The van der Waals surface area contributed by atoms with Gasteiger partial charge in [0.25, 0.3) is 5.91 Å². The Bertz CT molecular complexity index is 935. The first-order valence-corrected chi connectivity index (χ1v) is 9.44. The molecular weight excluding hydrogens is 360 g/mol. The number of anilines is 2. The van der Waals surface area contributed by atoms with E-state index in [4.69, 9.17) is 4.42 Å². The highest BCUT2D eigenvalue weighted by Gasteiger charge is 2.09. The largest absolute Gasteiger partial charge is 0.459 e. The Morgan fingerprint density at radius 3 is 2.33 bits per heavy atom. The predicted octanol–water partition coefficient (Wildman–Crippen LogP) is 4.88. The van der Waals surface area contributed by atoms with Gasteiger partial charge in [-0.25, -0.2) is 0 Å². The number of hydrogen-bond acceptors (Lipinski definition) is 4. The zero-order valence-corrected chi connectivity index (χ0v) is 15.9. The molecule has 0 saturated carbocycles. The van der Waals surface area contributed by atoms with E-state index in [-0.39, 0.29) is 17.6 Å². The van der Waals surface area contributed by atoms with Gasteiger partial charge in [0.1, 0.15) is 0 Å². The molecule has 0 saturated heterocycles. The van der Waals surface area contributed by atoms with Crippen LogP contribution in [0.2, 0.25) is 0 Å². The molecule has 0 unspecified atom stereocenters. The van der Waals surface area contributed by atoms with Crippen LogP contribution in [0.4, 0.5) is 11.4 Å². The van der Waals surface area contributed by atoms with E-state index in [1.807, 2.05) is 44.2 Å². The molecule has 0 aliphatic rings. The summed E-state index contributed by atoms with van der Waals surface area (Å²) in [5, 5.41) is 5.66. The summed E-state index contributed by atoms with van der Waals surface area (Å²) in [6, 6.07) is 16.5. The predicted molar refractivity (Wildman–Crippen MR) is 108 cm³/mol. The third-order valence-electron chi connectivity index (χ3n) is 4.02. The minimum absolute atomic E-state index is 0.0570. The van der Waals surface area contributed by atoms with Crippen LogP contribution >= 0.6 is 11.8 Å². The van der Waals surface area contributed by atoms with E-state index in [2.05, 4.69) is 10.6 Å². The van der Waals surface area contributed by atoms with Crippen LogP contribution in [0.5, 0.6) is 0 Å². The van der Waals surface area contributed by atoms with Crippen molar-refractivity contribution < 1.29 is 14.0 Å². The number of hydrogen-bond donors (Lipinski definition) is 2. The normalized spacial score (nSPS) is 10.4. The van der Waals surface area contributed by atoms with Gasteiger partial charge in [0.15, 0.2) is 5.76 Å². The average Bonchev–Trinajstić information content (AvgIpc) is 3.19. The van der Waals surface area contributed by atoms with E-state index in [1.54, 1.807) is 24.3 Å². The fraction of sp³-hybridized carbons (Fsp3) is 0.143. The third kappa shape index (κ3) is 5.24. The second kappa shape index (κ2) is 8.60. The van der Waals surface area contributed by atoms with Gasteiger partial charge in [0.2, 0.25) is 5.91 Å². The molecule has 27 heavy (non-hydrogen) atoms. The van der Waals surface area contributed by atoms with Crippen LogP contribution in [0.3, 0.4) is 0 Å². The first-order valence-electron chi connectivity index (χ1n) is 8.46. The van der Waals surface area contributed by atoms with Crippen molar-refractivity contribution in [2.75, 3.05) is 16.4 Å². The minimum Gasteiger partial charge on any atom is -0.459 e. The molecule has 0 atom stereocenters. The molecule has 2 N–H and O–H groups in total.